The number of hydrogen-bond acceptors (Lipinski definition) is 1. The average Bonchev–Trinajstić information content (AvgIpc) is 3.21. The molecule has 1 aromatic rings. The average molecular weight is 345 g/mol. The molecular weight excluding hydrogens is 329 g/mol. The van der Waals surface area contributed by atoms with Crippen LogP contribution in [0.25, 0.3) is 5.57 Å². The Morgan fingerprint density at radius 3 is 2.38 bits per heavy atom. The molecule has 112 valence electrons. The molecule has 1 atom stereocenters. The van der Waals surface area contributed by atoms with E-state index in [1.807, 2.05) is 13.8 Å². The zero-order valence-corrected chi connectivity index (χ0v) is 14.4. The number of benzene rings is 1. The highest BCUT2D eigenvalue weighted by atomic mass is 35.5. The molecule has 1 fully saturated rings. The third-order valence-corrected chi connectivity index (χ3v) is 5.98. The molecule has 5 heteroatoms. The van der Waals surface area contributed by atoms with Gasteiger partial charge in [-0.2, -0.15) is 0 Å². The maximum absolute atomic E-state index is 12.5. The number of carbonyl (C=O) groups excluding carboxylic acids is 1. The largest absolute Gasteiger partial charge is 0.343 e. The first kappa shape index (κ1) is 15.2. The van der Waals surface area contributed by atoms with Crippen LogP contribution in [-0.4, -0.2) is 11.4 Å². The molecule has 1 heterocycles. The van der Waals surface area contributed by atoms with E-state index in [2.05, 4.69) is 12.2 Å². The molecule has 1 aliphatic carbocycles. The third kappa shape index (κ3) is 2.19. The SMILES string of the molecule is CC1=C(c2c(Cl)cc(Cl)c(Cl)c2C)C(=O)NC1(C)C1CC1. The van der Waals surface area contributed by atoms with Crippen molar-refractivity contribution < 1.29 is 4.79 Å². The Morgan fingerprint density at radius 2 is 1.81 bits per heavy atom. The number of carbonyl (C=O) groups is 1. The number of amides is 1. The molecule has 1 amide bonds. The summed E-state index contributed by atoms with van der Waals surface area (Å²) >= 11 is 18.6. The molecule has 2 nitrogen and oxygen atoms in total. The number of hydrogen-bond donors (Lipinski definition) is 1. The van der Waals surface area contributed by atoms with E-state index in [0.29, 0.717) is 32.1 Å². The number of nitrogens with one attached hydrogen (secondary N) is 1. The second-order valence-electron chi connectivity index (χ2n) is 6.08. The molecule has 2 aliphatic rings. The van der Waals surface area contributed by atoms with E-state index in [1.165, 1.54) is 0 Å². The third-order valence-electron chi connectivity index (χ3n) is 4.80. The summed E-state index contributed by atoms with van der Waals surface area (Å²) in [6.45, 7) is 5.94. The van der Waals surface area contributed by atoms with Crippen LogP contribution in [0.4, 0.5) is 0 Å². The van der Waals surface area contributed by atoms with E-state index >= 15 is 0 Å². The quantitative estimate of drug-likeness (QED) is 0.749. The Bertz CT molecular complexity index is 691. The van der Waals surface area contributed by atoms with Gasteiger partial charge in [-0.1, -0.05) is 34.8 Å². The van der Waals surface area contributed by atoms with Crippen LogP contribution in [0.5, 0.6) is 0 Å². The highest BCUT2D eigenvalue weighted by Crippen LogP contribution is 2.49. The van der Waals surface area contributed by atoms with Crippen molar-refractivity contribution in [3.05, 3.63) is 37.8 Å². The molecule has 0 spiro atoms. The predicted molar refractivity (Wildman–Crippen MR) is 88.1 cm³/mol. The van der Waals surface area contributed by atoms with Crippen LogP contribution in [0.2, 0.25) is 15.1 Å². The summed E-state index contributed by atoms with van der Waals surface area (Å²) in [5.41, 5.74) is 2.86. The minimum Gasteiger partial charge on any atom is -0.343 e. The Labute approximate surface area is 139 Å². The van der Waals surface area contributed by atoms with Crippen molar-refractivity contribution in [2.45, 2.75) is 39.2 Å². The molecule has 1 unspecified atom stereocenters. The van der Waals surface area contributed by atoms with Crippen molar-refractivity contribution in [3.8, 4) is 0 Å². The molecule has 0 saturated heterocycles. The molecule has 1 aliphatic heterocycles. The first-order valence-electron chi connectivity index (χ1n) is 6.95. The Kier molecular flexibility index (Phi) is 3.55. The van der Waals surface area contributed by atoms with Crippen LogP contribution in [0.1, 0.15) is 37.8 Å². The summed E-state index contributed by atoms with van der Waals surface area (Å²) in [5, 5.41) is 4.45. The summed E-state index contributed by atoms with van der Waals surface area (Å²) in [6.07, 6.45) is 2.30. The fourth-order valence-electron chi connectivity index (χ4n) is 3.21. The van der Waals surface area contributed by atoms with Gasteiger partial charge in [0, 0.05) is 11.1 Å². The Balaban J connectivity index is 2.23. The normalized spacial score (nSPS) is 25.5. The van der Waals surface area contributed by atoms with E-state index in [4.69, 9.17) is 34.8 Å². The fraction of sp³-hybridized carbons (Fsp3) is 0.438. The van der Waals surface area contributed by atoms with Gasteiger partial charge in [-0.15, -0.1) is 0 Å². The Morgan fingerprint density at radius 1 is 1.19 bits per heavy atom. The molecule has 21 heavy (non-hydrogen) atoms. The van der Waals surface area contributed by atoms with Crippen LogP contribution >= 0.6 is 34.8 Å². The number of halogens is 3. The van der Waals surface area contributed by atoms with Crippen LogP contribution in [0, 0.1) is 12.8 Å². The lowest BCUT2D eigenvalue weighted by Crippen LogP contribution is -2.43. The van der Waals surface area contributed by atoms with Gasteiger partial charge in [0.1, 0.15) is 0 Å². The highest BCUT2D eigenvalue weighted by molar-refractivity contribution is 6.45. The van der Waals surface area contributed by atoms with Crippen LogP contribution in [0.15, 0.2) is 11.6 Å². The minimum atomic E-state index is -0.270. The monoisotopic (exact) mass is 343 g/mol. The zero-order valence-electron chi connectivity index (χ0n) is 12.1. The maximum Gasteiger partial charge on any atom is 0.252 e. The summed E-state index contributed by atoms with van der Waals surface area (Å²) < 4.78 is 0. The second-order valence-corrected chi connectivity index (χ2v) is 7.28. The molecule has 0 bridgehead atoms. The predicted octanol–water partition coefficient (Wildman–Crippen LogP) is 5.03. The van der Waals surface area contributed by atoms with Gasteiger partial charge in [-0.25, -0.2) is 0 Å². The first-order valence-corrected chi connectivity index (χ1v) is 8.09. The highest BCUT2D eigenvalue weighted by Gasteiger charge is 2.49. The van der Waals surface area contributed by atoms with E-state index < -0.39 is 0 Å². The van der Waals surface area contributed by atoms with Crippen LogP contribution in [0.3, 0.4) is 0 Å². The molecular formula is C16H16Cl3NO. The van der Waals surface area contributed by atoms with Gasteiger partial charge < -0.3 is 5.32 Å². The minimum absolute atomic E-state index is 0.0784. The van der Waals surface area contributed by atoms with E-state index in [9.17, 15) is 4.79 Å². The summed E-state index contributed by atoms with van der Waals surface area (Å²) in [4.78, 5) is 12.5. The van der Waals surface area contributed by atoms with Crippen LogP contribution < -0.4 is 5.32 Å². The molecule has 1 saturated carbocycles. The fourth-order valence-corrected chi connectivity index (χ4v) is 4.01. The van der Waals surface area contributed by atoms with Gasteiger partial charge in [-0.05, 0) is 56.7 Å². The van der Waals surface area contributed by atoms with Gasteiger partial charge in [-0.3, -0.25) is 4.79 Å². The summed E-state index contributed by atoms with van der Waals surface area (Å²) in [6, 6.07) is 1.61. The van der Waals surface area contributed by atoms with E-state index in [-0.39, 0.29) is 11.4 Å². The summed E-state index contributed by atoms with van der Waals surface area (Å²) in [7, 11) is 0. The van der Waals surface area contributed by atoms with Gasteiger partial charge in [0.2, 0.25) is 0 Å². The first-order chi connectivity index (χ1) is 9.77. The van der Waals surface area contributed by atoms with E-state index in [1.54, 1.807) is 6.07 Å². The van der Waals surface area contributed by atoms with Crippen molar-refractivity contribution in [1.29, 1.82) is 0 Å². The molecule has 3 rings (SSSR count). The van der Waals surface area contributed by atoms with Crippen molar-refractivity contribution >= 4 is 46.3 Å². The van der Waals surface area contributed by atoms with Crippen molar-refractivity contribution in [2.24, 2.45) is 5.92 Å². The molecule has 0 radical (unpaired) electrons. The lowest BCUT2D eigenvalue weighted by atomic mass is 9.86. The topological polar surface area (TPSA) is 29.1 Å². The zero-order chi connectivity index (χ0) is 15.5. The molecule has 0 aromatic heterocycles. The molecule has 1 N–H and O–H groups in total. The van der Waals surface area contributed by atoms with Gasteiger partial charge in [0.15, 0.2) is 0 Å². The lowest BCUT2D eigenvalue weighted by Gasteiger charge is -2.26. The van der Waals surface area contributed by atoms with Gasteiger partial charge in [0.05, 0.1) is 20.6 Å². The van der Waals surface area contributed by atoms with Gasteiger partial charge in [0.25, 0.3) is 5.91 Å². The second kappa shape index (κ2) is 4.91. The number of rotatable bonds is 2. The smallest absolute Gasteiger partial charge is 0.252 e. The van der Waals surface area contributed by atoms with Crippen LogP contribution in [-0.2, 0) is 4.79 Å². The van der Waals surface area contributed by atoms with Crippen molar-refractivity contribution in [2.75, 3.05) is 0 Å². The van der Waals surface area contributed by atoms with Crippen molar-refractivity contribution in [1.82, 2.24) is 5.32 Å². The maximum atomic E-state index is 12.5. The Hall–Kier alpha value is -0.700. The lowest BCUT2D eigenvalue weighted by molar-refractivity contribution is -0.116. The van der Waals surface area contributed by atoms with E-state index in [0.717, 1.165) is 24.0 Å². The standard InChI is InChI=1S/C16H16Cl3NO/c1-7-12(10(17)6-11(18)14(7)19)13-8(2)16(3,9-4-5-9)20-15(13)21/h6,9H,4-5H2,1-3H3,(H,20,21). The molecule has 1 aromatic carbocycles. The summed E-state index contributed by atoms with van der Waals surface area (Å²) in [5.74, 6) is 0.436. The van der Waals surface area contributed by atoms with Crippen molar-refractivity contribution in [3.63, 3.8) is 0 Å². The van der Waals surface area contributed by atoms with Gasteiger partial charge >= 0.3 is 0 Å².